The van der Waals surface area contributed by atoms with Gasteiger partial charge in [0.1, 0.15) is 5.78 Å². The molecule has 144 valence electrons. The second-order valence-corrected chi connectivity index (χ2v) is 10.2. The minimum absolute atomic E-state index is 0.0876. The number of rotatable bonds is 1. The number of carbonyl (C=O) groups is 2. The maximum Gasteiger partial charge on any atom is 0.228 e. The van der Waals surface area contributed by atoms with E-state index in [1.165, 1.54) is 6.08 Å². The molecule has 0 heterocycles. The van der Waals surface area contributed by atoms with Crippen LogP contribution in [-0.2, 0) is 9.59 Å². The number of carbonyl (C=O) groups excluding carboxylic acids is 2. The number of aliphatic hydroxyl groups is 2. The molecule has 0 aliphatic heterocycles. The maximum atomic E-state index is 12.2. The van der Waals surface area contributed by atoms with Gasteiger partial charge in [-0.15, -0.1) is 0 Å². The zero-order chi connectivity index (χ0) is 19.1. The summed E-state index contributed by atoms with van der Waals surface area (Å²) in [5, 5.41) is 20.6. The molecule has 3 fully saturated rings. The molecule has 7 atom stereocenters. The van der Waals surface area contributed by atoms with Gasteiger partial charge in [0.25, 0.3) is 0 Å². The summed E-state index contributed by atoms with van der Waals surface area (Å²) < 4.78 is 0. The molecule has 4 heteroatoms. The zero-order valence-corrected chi connectivity index (χ0v) is 16.4. The molecular weight excluding hydrogens is 328 g/mol. The lowest BCUT2D eigenvalue weighted by molar-refractivity contribution is -0.200. The molecule has 0 unspecified atom stereocenters. The lowest BCUT2D eigenvalue weighted by atomic mass is 9.44. The summed E-state index contributed by atoms with van der Waals surface area (Å²) in [6, 6.07) is 0. The Labute approximate surface area is 156 Å². The molecular formula is C22H32O4. The van der Waals surface area contributed by atoms with E-state index in [1.807, 2.05) is 0 Å². The fourth-order valence-corrected chi connectivity index (χ4v) is 7.78. The number of allylic oxidation sites excluding steroid dienone is 1. The minimum Gasteiger partial charge on any atom is -0.359 e. The van der Waals surface area contributed by atoms with Crippen LogP contribution in [0.5, 0.6) is 0 Å². The Morgan fingerprint density at radius 1 is 1.15 bits per heavy atom. The molecule has 3 saturated carbocycles. The highest BCUT2D eigenvalue weighted by atomic mass is 16.5. The predicted octanol–water partition coefficient (Wildman–Crippen LogP) is 3.26. The quantitative estimate of drug-likeness (QED) is 0.704. The Kier molecular flexibility index (Phi) is 3.89. The van der Waals surface area contributed by atoms with Crippen LogP contribution in [0.4, 0.5) is 0 Å². The van der Waals surface area contributed by atoms with Crippen molar-refractivity contribution < 1.29 is 19.8 Å². The van der Waals surface area contributed by atoms with Crippen LogP contribution in [0.3, 0.4) is 0 Å². The minimum atomic E-state index is -2.24. The van der Waals surface area contributed by atoms with Crippen molar-refractivity contribution in [2.75, 3.05) is 0 Å². The highest BCUT2D eigenvalue weighted by Crippen LogP contribution is 2.67. The summed E-state index contributed by atoms with van der Waals surface area (Å²) in [6.45, 7) is 8.38. The van der Waals surface area contributed by atoms with Crippen LogP contribution in [0.2, 0.25) is 0 Å². The van der Waals surface area contributed by atoms with Gasteiger partial charge in [-0.1, -0.05) is 26.3 Å². The van der Waals surface area contributed by atoms with Crippen LogP contribution in [0.15, 0.2) is 11.6 Å². The molecule has 4 rings (SSSR count). The van der Waals surface area contributed by atoms with Gasteiger partial charge in [0.05, 0.1) is 0 Å². The highest BCUT2D eigenvalue weighted by molar-refractivity contribution is 5.97. The second-order valence-electron chi connectivity index (χ2n) is 10.2. The van der Waals surface area contributed by atoms with Gasteiger partial charge in [0, 0.05) is 12.3 Å². The fourth-order valence-electron chi connectivity index (χ4n) is 7.78. The van der Waals surface area contributed by atoms with Crippen molar-refractivity contribution in [1.29, 1.82) is 0 Å². The first-order valence-corrected chi connectivity index (χ1v) is 10.2. The molecule has 0 aromatic carbocycles. The van der Waals surface area contributed by atoms with E-state index in [0.717, 1.165) is 37.7 Å². The molecule has 0 amide bonds. The Bertz CT molecular complexity index is 692. The highest BCUT2D eigenvalue weighted by Gasteiger charge is 2.62. The van der Waals surface area contributed by atoms with Gasteiger partial charge in [-0.25, -0.2) is 0 Å². The Hall–Kier alpha value is -1.00. The summed E-state index contributed by atoms with van der Waals surface area (Å²) in [6.07, 6.45) is 6.82. The first-order chi connectivity index (χ1) is 12.0. The van der Waals surface area contributed by atoms with Crippen LogP contribution in [-0.4, -0.2) is 27.6 Å². The van der Waals surface area contributed by atoms with E-state index >= 15 is 0 Å². The van der Waals surface area contributed by atoms with Crippen molar-refractivity contribution in [3.63, 3.8) is 0 Å². The van der Waals surface area contributed by atoms with Crippen LogP contribution < -0.4 is 0 Å². The molecule has 4 nitrogen and oxygen atoms in total. The average Bonchev–Trinajstić information content (AvgIpc) is 2.87. The molecule has 4 aliphatic carbocycles. The molecule has 2 N–H and O–H groups in total. The Balaban J connectivity index is 1.74. The first-order valence-electron chi connectivity index (χ1n) is 10.2. The van der Waals surface area contributed by atoms with E-state index in [9.17, 15) is 19.8 Å². The normalized spacial score (nSPS) is 49.7. The average molecular weight is 360 g/mol. The van der Waals surface area contributed by atoms with E-state index in [2.05, 4.69) is 20.8 Å². The van der Waals surface area contributed by atoms with Crippen molar-refractivity contribution in [3.05, 3.63) is 11.6 Å². The monoisotopic (exact) mass is 360 g/mol. The van der Waals surface area contributed by atoms with E-state index in [4.69, 9.17) is 0 Å². The third-order valence-electron chi connectivity index (χ3n) is 8.86. The van der Waals surface area contributed by atoms with Crippen molar-refractivity contribution in [1.82, 2.24) is 0 Å². The second kappa shape index (κ2) is 5.51. The molecule has 4 aliphatic rings. The molecule has 26 heavy (non-hydrogen) atoms. The molecule has 0 aromatic rings. The van der Waals surface area contributed by atoms with Gasteiger partial charge in [0.15, 0.2) is 0 Å². The number of Topliss-reactive ketones (excluding diaryl/α,β-unsaturated/α-hetero) is 1. The van der Waals surface area contributed by atoms with Gasteiger partial charge < -0.3 is 10.2 Å². The third-order valence-corrected chi connectivity index (χ3v) is 8.86. The summed E-state index contributed by atoms with van der Waals surface area (Å²) in [5.74, 6) is -0.625. The SMILES string of the molecule is CC(=O)[C@H]1CC[C@H]2[C@@H]3C[C@H](C)C4=CC(=O)C(O)(O)C[C@]4(C)[C@H]3CC[C@]12C. The van der Waals surface area contributed by atoms with Crippen molar-refractivity contribution in [2.45, 2.75) is 72.0 Å². The van der Waals surface area contributed by atoms with Crippen LogP contribution >= 0.6 is 0 Å². The standard InChI is InChI=1S/C22H32O4/c1-12-9-14-16-6-5-15(13(2)23)20(16,3)8-7-17(14)21(4)11-22(25,26)19(24)10-18(12)21/h10,12,14-17,25-26H,5-9,11H2,1-4H3/t12-,14-,15+,16-,17-,20+,21+/m0/s1. The number of hydrogen-bond acceptors (Lipinski definition) is 4. The number of hydrogen-bond donors (Lipinski definition) is 2. The zero-order valence-electron chi connectivity index (χ0n) is 16.4. The van der Waals surface area contributed by atoms with Gasteiger partial charge in [-0.05, 0) is 79.6 Å². The van der Waals surface area contributed by atoms with Crippen LogP contribution in [0.1, 0.15) is 66.2 Å². The first kappa shape index (κ1) is 18.4. The van der Waals surface area contributed by atoms with Crippen molar-refractivity contribution >= 4 is 11.6 Å². The van der Waals surface area contributed by atoms with E-state index in [-0.39, 0.29) is 29.1 Å². The predicted molar refractivity (Wildman–Crippen MR) is 98.0 cm³/mol. The summed E-state index contributed by atoms with van der Waals surface area (Å²) in [7, 11) is 0. The topological polar surface area (TPSA) is 74.6 Å². The van der Waals surface area contributed by atoms with Gasteiger partial charge in [-0.3, -0.25) is 9.59 Å². The van der Waals surface area contributed by atoms with Crippen molar-refractivity contribution in [2.24, 2.45) is 40.4 Å². The summed E-state index contributed by atoms with van der Waals surface area (Å²) in [5.41, 5.74) is 0.867. The van der Waals surface area contributed by atoms with Crippen molar-refractivity contribution in [3.8, 4) is 0 Å². The largest absolute Gasteiger partial charge is 0.359 e. The summed E-state index contributed by atoms with van der Waals surface area (Å²) in [4.78, 5) is 24.4. The third kappa shape index (κ3) is 2.27. The van der Waals surface area contributed by atoms with Gasteiger partial charge >= 0.3 is 0 Å². The number of fused-ring (bicyclic) bond motifs is 5. The van der Waals surface area contributed by atoms with E-state index in [0.29, 0.717) is 23.5 Å². The number of ketones is 2. The lowest BCUT2D eigenvalue weighted by Crippen LogP contribution is -2.57. The molecule has 0 bridgehead atoms. The summed E-state index contributed by atoms with van der Waals surface area (Å²) >= 11 is 0. The molecule has 0 spiro atoms. The maximum absolute atomic E-state index is 12.2. The molecule has 0 aromatic heterocycles. The molecule has 0 radical (unpaired) electrons. The van der Waals surface area contributed by atoms with Gasteiger partial charge in [0.2, 0.25) is 11.6 Å². The Morgan fingerprint density at radius 3 is 2.50 bits per heavy atom. The molecule has 0 saturated heterocycles. The van der Waals surface area contributed by atoms with E-state index in [1.54, 1.807) is 6.92 Å². The van der Waals surface area contributed by atoms with E-state index < -0.39 is 11.6 Å². The lowest BCUT2D eigenvalue weighted by Gasteiger charge is -2.60. The van der Waals surface area contributed by atoms with Crippen LogP contribution in [0, 0.1) is 40.4 Å². The van der Waals surface area contributed by atoms with Gasteiger partial charge in [-0.2, -0.15) is 0 Å². The van der Waals surface area contributed by atoms with Crippen LogP contribution in [0.25, 0.3) is 0 Å². The fraction of sp³-hybridized carbons (Fsp3) is 0.818. The Morgan fingerprint density at radius 2 is 1.85 bits per heavy atom. The smallest absolute Gasteiger partial charge is 0.228 e.